The van der Waals surface area contributed by atoms with E-state index in [0.29, 0.717) is 11.5 Å². The highest BCUT2D eigenvalue weighted by Crippen LogP contribution is 2.26. The summed E-state index contributed by atoms with van der Waals surface area (Å²) >= 11 is 0. The van der Waals surface area contributed by atoms with E-state index in [4.69, 9.17) is 0 Å². The van der Waals surface area contributed by atoms with Gasteiger partial charge < -0.3 is 5.32 Å². The van der Waals surface area contributed by atoms with Gasteiger partial charge in [-0.2, -0.15) is 0 Å². The molecule has 0 saturated carbocycles. The molecule has 18 heavy (non-hydrogen) atoms. The number of halogens is 2. The fraction of sp³-hybridized carbons (Fsp3) is 0.600. The number of hydrogen-bond acceptors (Lipinski definition) is 1. The normalized spacial score (nSPS) is 14.5. The van der Waals surface area contributed by atoms with Gasteiger partial charge in [0.2, 0.25) is 0 Å². The minimum Gasteiger partial charge on any atom is -0.310 e. The Morgan fingerprint density at radius 1 is 1.06 bits per heavy atom. The predicted molar refractivity (Wildman–Crippen MR) is 71.5 cm³/mol. The highest BCUT2D eigenvalue weighted by atomic mass is 19.1. The highest BCUT2D eigenvalue weighted by molar-refractivity contribution is 5.22. The molecule has 3 heteroatoms. The first-order valence-electron chi connectivity index (χ1n) is 6.77. The molecule has 2 atom stereocenters. The van der Waals surface area contributed by atoms with Crippen molar-refractivity contribution in [1.29, 1.82) is 0 Å². The van der Waals surface area contributed by atoms with Crippen LogP contribution in [-0.4, -0.2) is 6.54 Å². The second-order valence-corrected chi connectivity index (χ2v) is 4.90. The molecule has 0 aliphatic heterocycles. The fourth-order valence-corrected chi connectivity index (χ4v) is 2.32. The molecular formula is C15H23F2N. The van der Waals surface area contributed by atoms with E-state index in [0.717, 1.165) is 31.9 Å². The minimum absolute atomic E-state index is 0.0232. The van der Waals surface area contributed by atoms with E-state index in [9.17, 15) is 8.78 Å². The maximum Gasteiger partial charge on any atom is 0.126 e. The van der Waals surface area contributed by atoms with Crippen LogP contribution < -0.4 is 5.32 Å². The van der Waals surface area contributed by atoms with Gasteiger partial charge in [-0.3, -0.25) is 0 Å². The van der Waals surface area contributed by atoms with Crippen LogP contribution in [0.15, 0.2) is 18.2 Å². The SMILES string of the molecule is CCCNC(c1cc(F)cc(F)c1)C(C)CCC. The van der Waals surface area contributed by atoms with Crippen LogP contribution in [0.1, 0.15) is 51.6 Å². The van der Waals surface area contributed by atoms with Crippen LogP contribution >= 0.6 is 0 Å². The smallest absolute Gasteiger partial charge is 0.126 e. The van der Waals surface area contributed by atoms with E-state index in [1.165, 1.54) is 12.1 Å². The lowest BCUT2D eigenvalue weighted by atomic mass is 9.90. The van der Waals surface area contributed by atoms with Gasteiger partial charge in [-0.1, -0.05) is 27.2 Å². The van der Waals surface area contributed by atoms with Crippen molar-refractivity contribution < 1.29 is 8.78 Å². The summed E-state index contributed by atoms with van der Waals surface area (Å²) in [5.74, 6) is -0.642. The number of hydrogen-bond donors (Lipinski definition) is 1. The third-order valence-corrected chi connectivity index (χ3v) is 3.17. The van der Waals surface area contributed by atoms with Crippen molar-refractivity contribution in [3.63, 3.8) is 0 Å². The Morgan fingerprint density at radius 3 is 2.17 bits per heavy atom. The molecule has 0 fully saturated rings. The molecule has 1 nitrogen and oxygen atoms in total. The van der Waals surface area contributed by atoms with Crippen LogP contribution in [0.25, 0.3) is 0 Å². The first-order valence-corrected chi connectivity index (χ1v) is 6.77. The molecule has 1 aromatic carbocycles. The molecule has 1 aromatic rings. The first-order chi connectivity index (χ1) is 8.58. The van der Waals surface area contributed by atoms with E-state index < -0.39 is 11.6 Å². The quantitative estimate of drug-likeness (QED) is 0.759. The average Bonchev–Trinajstić information content (AvgIpc) is 2.28. The Labute approximate surface area is 109 Å². The van der Waals surface area contributed by atoms with Crippen LogP contribution in [0.2, 0.25) is 0 Å². The Morgan fingerprint density at radius 2 is 1.67 bits per heavy atom. The fourth-order valence-electron chi connectivity index (χ4n) is 2.32. The van der Waals surface area contributed by atoms with E-state index in [1.54, 1.807) is 0 Å². The monoisotopic (exact) mass is 255 g/mol. The molecule has 0 radical (unpaired) electrons. The second-order valence-electron chi connectivity index (χ2n) is 4.90. The van der Waals surface area contributed by atoms with E-state index in [-0.39, 0.29) is 6.04 Å². The van der Waals surface area contributed by atoms with Crippen molar-refractivity contribution in [3.8, 4) is 0 Å². The molecule has 0 aliphatic carbocycles. The van der Waals surface area contributed by atoms with Crippen LogP contribution in [-0.2, 0) is 0 Å². The summed E-state index contributed by atoms with van der Waals surface area (Å²) in [7, 11) is 0. The first kappa shape index (κ1) is 15.1. The third kappa shape index (κ3) is 4.37. The van der Waals surface area contributed by atoms with Gasteiger partial charge in [0.1, 0.15) is 11.6 Å². The van der Waals surface area contributed by atoms with Crippen LogP contribution in [0.3, 0.4) is 0 Å². The van der Waals surface area contributed by atoms with E-state index in [1.807, 2.05) is 0 Å². The molecule has 1 N–H and O–H groups in total. The molecular weight excluding hydrogens is 232 g/mol. The van der Waals surface area contributed by atoms with Crippen molar-refractivity contribution in [3.05, 3.63) is 35.4 Å². The standard InChI is InChI=1S/C15H23F2N/c1-4-6-11(3)15(18-7-5-2)12-8-13(16)10-14(17)9-12/h8-11,15,18H,4-7H2,1-3H3. The lowest BCUT2D eigenvalue weighted by Gasteiger charge is -2.25. The summed E-state index contributed by atoms with van der Waals surface area (Å²) in [6, 6.07) is 3.81. The van der Waals surface area contributed by atoms with Gasteiger partial charge in [0.25, 0.3) is 0 Å². The summed E-state index contributed by atoms with van der Waals surface area (Å²) in [6.07, 6.45) is 3.12. The van der Waals surface area contributed by atoms with Crippen LogP contribution in [0, 0.1) is 17.6 Å². The van der Waals surface area contributed by atoms with Crippen molar-refractivity contribution >= 4 is 0 Å². The van der Waals surface area contributed by atoms with E-state index in [2.05, 4.69) is 26.1 Å². The van der Waals surface area contributed by atoms with Gasteiger partial charge in [0.15, 0.2) is 0 Å². The predicted octanol–water partition coefficient (Wildman–Crippen LogP) is 4.44. The Balaban J connectivity index is 2.92. The van der Waals surface area contributed by atoms with Gasteiger partial charge in [0.05, 0.1) is 0 Å². The molecule has 0 aliphatic rings. The van der Waals surface area contributed by atoms with Crippen molar-refractivity contribution in [2.24, 2.45) is 5.92 Å². The molecule has 2 unspecified atom stereocenters. The van der Waals surface area contributed by atoms with Gasteiger partial charge in [-0.05, 0) is 43.0 Å². The summed E-state index contributed by atoms with van der Waals surface area (Å²) in [6.45, 7) is 7.19. The molecule has 0 saturated heterocycles. The zero-order chi connectivity index (χ0) is 13.5. The zero-order valence-electron chi connectivity index (χ0n) is 11.5. The second kappa shape index (κ2) is 7.47. The maximum absolute atomic E-state index is 13.3. The highest BCUT2D eigenvalue weighted by Gasteiger charge is 2.19. The summed E-state index contributed by atoms with van der Waals surface area (Å²) in [4.78, 5) is 0. The molecule has 1 rings (SSSR count). The Hall–Kier alpha value is -0.960. The number of rotatable bonds is 7. The maximum atomic E-state index is 13.3. The molecule has 0 heterocycles. The van der Waals surface area contributed by atoms with Crippen molar-refractivity contribution in [2.45, 2.75) is 46.1 Å². The van der Waals surface area contributed by atoms with Gasteiger partial charge in [-0.15, -0.1) is 0 Å². The summed E-state index contributed by atoms with van der Waals surface area (Å²) in [5, 5.41) is 3.39. The lowest BCUT2D eigenvalue weighted by molar-refractivity contribution is 0.361. The Bertz CT molecular complexity index is 345. The third-order valence-electron chi connectivity index (χ3n) is 3.17. The minimum atomic E-state index is -0.503. The topological polar surface area (TPSA) is 12.0 Å². The summed E-state index contributed by atoms with van der Waals surface area (Å²) < 4.78 is 26.6. The van der Waals surface area contributed by atoms with Gasteiger partial charge in [0, 0.05) is 12.1 Å². The molecule has 0 amide bonds. The largest absolute Gasteiger partial charge is 0.310 e. The van der Waals surface area contributed by atoms with Crippen LogP contribution in [0.5, 0.6) is 0 Å². The number of benzene rings is 1. The Kier molecular flexibility index (Phi) is 6.27. The van der Waals surface area contributed by atoms with Gasteiger partial charge in [-0.25, -0.2) is 8.78 Å². The van der Waals surface area contributed by atoms with Crippen molar-refractivity contribution in [1.82, 2.24) is 5.32 Å². The van der Waals surface area contributed by atoms with Crippen LogP contribution in [0.4, 0.5) is 8.78 Å². The van der Waals surface area contributed by atoms with Gasteiger partial charge >= 0.3 is 0 Å². The molecule has 0 bridgehead atoms. The zero-order valence-corrected chi connectivity index (χ0v) is 11.5. The lowest BCUT2D eigenvalue weighted by Crippen LogP contribution is -2.28. The molecule has 0 spiro atoms. The molecule has 0 aromatic heterocycles. The average molecular weight is 255 g/mol. The molecule has 102 valence electrons. The van der Waals surface area contributed by atoms with Crippen molar-refractivity contribution in [2.75, 3.05) is 6.54 Å². The van der Waals surface area contributed by atoms with E-state index >= 15 is 0 Å². The number of nitrogens with one attached hydrogen (secondary N) is 1. The summed E-state index contributed by atoms with van der Waals surface area (Å²) in [5.41, 5.74) is 0.710.